The summed E-state index contributed by atoms with van der Waals surface area (Å²) in [5.74, 6) is -0.0602. The molecule has 2 amide bonds. The van der Waals surface area contributed by atoms with Crippen LogP contribution in [-0.2, 0) is 0 Å². The third-order valence-corrected chi connectivity index (χ3v) is 5.88. The number of halogens is 3. The second-order valence-corrected chi connectivity index (χ2v) is 7.02. The summed E-state index contributed by atoms with van der Waals surface area (Å²) in [6.45, 7) is 0. The number of nitrogens with one attached hydrogen (secondary N) is 1. The molecule has 3 nitrogen and oxygen atoms in total. The van der Waals surface area contributed by atoms with E-state index in [1.54, 1.807) is 0 Å². The number of hydrogen-bond donors (Lipinski definition) is 2. The third-order valence-electron chi connectivity index (χ3n) is 4.06. The molecule has 0 spiro atoms. The van der Waals surface area contributed by atoms with Gasteiger partial charge in [0, 0.05) is 11.4 Å². The first-order valence-electron chi connectivity index (χ1n) is 6.75. The number of carbonyl (C=O) groups excluding carboxylic acids is 1. The van der Waals surface area contributed by atoms with Gasteiger partial charge in [-0.1, -0.05) is 8.58 Å². The van der Waals surface area contributed by atoms with Crippen molar-refractivity contribution in [3.05, 3.63) is 22.2 Å². The number of fused-ring (bicyclic) bond motifs is 1. The molecule has 3 rings (SSSR count). The van der Waals surface area contributed by atoms with Crippen LogP contribution in [0.5, 0.6) is 0 Å². The highest BCUT2D eigenvalue weighted by molar-refractivity contribution is 7.44. The number of urea groups is 1. The van der Waals surface area contributed by atoms with Crippen LogP contribution in [-0.4, -0.2) is 17.9 Å². The molecule has 110 valence electrons. The summed E-state index contributed by atoms with van der Waals surface area (Å²) >= 11 is 0. The molecule has 2 atom stereocenters. The predicted molar refractivity (Wildman–Crippen MR) is 71.5 cm³/mol. The molecule has 7 heteroatoms. The second-order valence-electron chi connectivity index (χ2n) is 5.54. The lowest BCUT2D eigenvalue weighted by Crippen LogP contribution is -2.34. The van der Waals surface area contributed by atoms with Crippen molar-refractivity contribution >= 4 is 14.6 Å². The van der Waals surface area contributed by atoms with Crippen LogP contribution in [0.1, 0.15) is 32.1 Å². The fraction of sp³-hybridized carbons (Fsp3) is 0.615. The van der Waals surface area contributed by atoms with Gasteiger partial charge in [0.05, 0.1) is 5.31 Å². The minimum absolute atomic E-state index is 0.0593. The molecule has 0 saturated heterocycles. The average molecular weight is 304 g/mol. The van der Waals surface area contributed by atoms with Gasteiger partial charge in [0.2, 0.25) is 0 Å². The Morgan fingerprint density at radius 3 is 2.55 bits per heavy atom. The van der Waals surface area contributed by atoms with Crippen LogP contribution in [0.15, 0.2) is 22.2 Å². The van der Waals surface area contributed by atoms with Gasteiger partial charge in [-0.2, -0.15) is 13.2 Å². The molecule has 2 saturated carbocycles. The lowest BCUT2D eigenvalue weighted by molar-refractivity contribution is -0.0850. The predicted octanol–water partition coefficient (Wildman–Crippen LogP) is 3.38. The summed E-state index contributed by atoms with van der Waals surface area (Å²) in [5.41, 5.74) is 6.80. The minimum Gasteiger partial charge on any atom is -0.351 e. The maximum atomic E-state index is 13.3. The molecule has 3 aliphatic rings. The van der Waals surface area contributed by atoms with E-state index in [9.17, 15) is 18.0 Å². The fourth-order valence-electron chi connectivity index (χ4n) is 3.14. The Bertz CT molecular complexity index is 520. The van der Waals surface area contributed by atoms with Crippen LogP contribution in [0.4, 0.5) is 18.0 Å². The number of rotatable bonds is 2. The van der Waals surface area contributed by atoms with Gasteiger partial charge in [-0.25, -0.2) is 4.79 Å². The fourth-order valence-corrected chi connectivity index (χ4v) is 4.95. The molecule has 3 N–H and O–H groups in total. The Hall–Kier alpha value is -1.03. The zero-order valence-corrected chi connectivity index (χ0v) is 11.8. The van der Waals surface area contributed by atoms with Gasteiger partial charge in [0.25, 0.3) is 0 Å². The van der Waals surface area contributed by atoms with E-state index in [2.05, 4.69) is 5.32 Å². The molecule has 2 unspecified atom stereocenters. The molecule has 0 bridgehead atoms. The van der Waals surface area contributed by atoms with E-state index in [0.717, 1.165) is 37.7 Å². The lowest BCUT2D eigenvalue weighted by Gasteiger charge is -2.30. The standard InChI is InChI=1S/C13H16F3N2OP/c14-13(15,16)11-9(6-4-5-6)10(18-12(17)19)7-2-1-3-8(7)20-11/h6,8,20H,1-5H2,(H3,17,18,19). The van der Waals surface area contributed by atoms with Crippen molar-refractivity contribution in [2.75, 3.05) is 0 Å². The molecule has 20 heavy (non-hydrogen) atoms. The molecule has 0 radical (unpaired) electrons. The van der Waals surface area contributed by atoms with Crippen molar-refractivity contribution < 1.29 is 18.0 Å². The van der Waals surface area contributed by atoms with Crippen LogP contribution in [0, 0.1) is 5.92 Å². The number of carbonyl (C=O) groups is 1. The number of nitrogens with two attached hydrogens (primary N) is 1. The molecular weight excluding hydrogens is 288 g/mol. The van der Waals surface area contributed by atoms with E-state index in [-0.39, 0.29) is 20.2 Å². The Labute approximate surface area is 116 Å². The maximum absolute atomic E-state index is 13.3. The first-order chi connectivity index (χ1) is 9.38. The summed E-state index contributed by atoms with van der Waals surface area (Å²) in [7, 11) is -0.222. The molecule has 2 fully saturated rings. The normalized spacial score (nSPS) is 28.1. The highest BCUT2D eigenvalue weighted by atomic mass is 31.1. The van der Waals surface area contributed by atoms with E-state index < -0.39 is 17.5 Å². The molecule has 0 aromatic heterocycles. The van der Waals surface area contributed by atoms with Gasteiger partial charge in [-0.3, -0.25) is 0 Å². The Morgan fingerprint density at radius 1 is 1.30 bits per heavy atom. The van der Waals surface area contributed by atoms with Crippen molar-refractivity contribution in [3.63, 3.8) is 0 Å². The van der Waals surface area contributed by atoms with E-state index in [1.165, 1.54) is 0 Å². The average Bonchev–Trinajstić information content (AvgIpc) is 3.04. The highest BCUT2D eigenvalue weighted by Gasteiger charge is 2.47. The molecule has 2 aliphatic carbocycles. The van der Waals surface area contributed by atoms with Crippen LogP contribution >= 0.6 is 8.58 Å². The maximum Gasteiger partial charge on any atom is 0.416 e. The van der Waals surface area contributed by atoms with Crippen LogP contribution in [0.2, 0.25) is 0 Å². The second kappa shape index (κ2) is 4.76. The first-order valence-corrected chi connectivity index (χ1v) is 7.83. The largest absolute Gasteiger partial charge is 0.416 e. The monoisotopic (exact) mass is 304 g/mol. The number of primary amides is 1. The molecular formula is C13H16F3N2OP. The summed E-state index contributed by atoms with van der Waals surface area (Å²) in [5, 5.41) is 2.07. The van der Waals surface area contributed by atoms with E-state index >= 15 is 0 Å². The Morgan fingerprint density at radius 2 is 2.00 bits per heavy atom. The smallest absolute Gasteiger partial charge is 0.351 e. The van der Waals surface area contributed by atoms with Crippen LogP contribution < -0.4 is 11.1 Å². The van der Waals surface area contributed by atoms with Crippen molar-refractivity contribution in [2.24, 2.45) is 11.7 Å². The van der Waals surface area contributed by atoms with Gasteiger partial charge < -0.3 is 11.1 Å². The molecule has 1 heterocycles. The topological polar surface area (TPSA) is 55.1 Å². The van der Waals surface area contributed by atoms with Crippen LogP contribution in [0.25, 0.3) is 0 Å². The zero-order valence-electron chi connectivity index (χ0n) is 10.8. The van der Waals surface area contributed by atoms with E-state index in [4.69, 9.17) is 5.73 Å². The molecule has 0 aromatic carbocycles. The third kappa shape index (κ3) is 2.46. The number of alkyl halides is 3. The Kier molecular flexibility index (Phi) is 3.32. The van der Waals surface area contributed by atoms with Gasteiger partial charge in [-0.05, 0) is 49.2 Å². The number of hydrogen-bond acceptors (Lipinski definition) is 1. The van der Waals surface area contributed by atoms with E-state index in [0.29, 0.717) is 11.3 Å². The van der Waals surface area contributed by atoms with Crippen LogP contribution in [0.3, 0.4) is 0 Å². The molecule has 0 aromatic rings. The van der Waals surface area contributed by atoms with Gasteiger partial charge in [0.15, 0.2) is 0 Å². The van der Waals surface area contributed by atoms with Crippen molar-refractivity contribution in [1.29, 1.82) is 0 Å². The Balaban J connectivity index is 2.10. The SMILES string of the molecule is NC(=O)NC1=C2CCCC2PC(C(F)(F)F)=C1C1CC1. The quantitative estimate of drug-likeness (QED) is 0.755. The summed E-state index contributed by atoms with van der Waals surface area (Å²) in [4.78, 5) is 11.2. The summed E-state index contributed by atoms with van der Waals surface area (Å²) < 4.78 is 40.0. The first kappa shape index (κ1) is 13.9. The van der Waals surface area contributed by atoms with Crippen molar-refractivity contribution in [1.82, 2.24) is 5.32 Å². The molecule has 1 aliphatic heterocycles. The zero-order chi connectivity index (χ0) is 14.5. The van der Waals surface area contributed by atoms with Crippen molar-refractivity contribution in [2.45, 2.75) is 43.9 Å². The minimum atomic E-state index is -4.31. The summed E-state index contributed by atoms with van der Waals surface area (Å²) in [6, 6.07) is -0.775. The summed E-state index contributed by atoms with van der Waals surface area (Å²) in [6.07, 6.45) is -0.346. The lowest BCUT2D eigenvalue weighted by atomic mass is 9.99. The van der Waals surface area contributed by atoms with Gasteiger partial charge in [0.1, 0.15) is 0 Å². The highest BCUT2D eigenvalue weighted by Crippen LogP contribution is 2.59. The van der Waals surface area contributed by atoms with E-state index in [1.807, 2.05) is 0 Å². The van der Waals surface area contributed by atoms with Gasteiger partial charge in [-0.15, -0.1) is 0 Å². The van der Waals surface area contributed by atoms with Crippen molar-refractivity contribution in [3.8, 4) is 0 Å². The number of amides is 2. The number of allylic oxidation sites excluding steroid dienone is 3. The van der Waals surface area contributed by atoms with Gasteiger partial charge >= 0.3 is 12.2 Å².